The summed E-state index contributed by atoms with van der Waals surface area (Å²) in [6, 6.07) is 15.4. The van der Waals surface area contributed by atoms with Crippen molar-refractivity contribution in [1.29, 1.82) is 5.26 Å². The first-order chi connectivity index (χ1) is 15.4. The van der Waals surface area contributed by atoms with Gasteiger partial charge < -0.3 is 19.7 Å². The summed E-state index contributed by atoms with van der Waals surface area (Å²) in [6.45, 7) is 5.68. The van der Waals surface area contributed by atoms with Crippen molar-refractivity contribution in [3.63, 3.8) is 0 Å². The quantitative estimate of drug-likeness (QED) is 0.657. The molecular formula is C25H28N4O3. The number of imidazole rings is 1. The number of likely N-dealkylation sites (tertiary alicyclic amines) is 1. The molecule has 1 amide bonds. The van der Waals surface area contributed by atoms with Gasteiger partial charge in [-0.25, -0.2) is 4.98 Å². The van der Waals surface area contributed by atoms with E-state index in [9.17, 15) is 9.90 Å². The number of nitrogens with zero attached hydrogens (tertiary/aromatic N) is 3. The number of ether oxygens (including phenoxy) is 1. The molecule has 5 rings (SSSR count). The topological polar surface area (TPSA) is 102 Å². The standard InChI is InChI=1S/C25H24N4O3.2H2/c1-15-3-6-19(9-21(15)22-16(2)27-24(28-22)25(31)13-32-14-25)23(30)29-11-20(12-29)18-7-4-17(10-26)5-8-18;;/h3-9,20,31H,11-14H2,1-2H3,(H,27,28);2*1H. The van der Waals surface area contributed by atoms with Crippen molar-refractivity contribution < 1.29 is 17.5 Å². The Morgan fingerprint density at radius 3 is 2.59 bits per heavy atom. The first kappa shape index (κ1) is 20.4. The Kier molecular flexibility index (Phi) is 4.85. The Morgan fingerprint density at radius 2 is 1.97 bits per heavy atom. The van der Waals surface area contributed by atoms with Crippen LogP contribution in [0.5, 0.6) is 0 Å². The van der Waals surface area contributed by atoms with Crippen LogP contribution in [0.4, 0.5) is 0 Å². The molecule has 2 aliphatic heterocycles. The second kappa shape index (κ2) is 7.59. The average molecular weight is 433 g/mol. The van der Waals surface area contributed by atoms with Gasteiger partial charge in [0.25, 0.3) is 5.91 Å². The summed E-state index contributed by atoms with van der Waals surface area (Å²) in [7, 11) is 0. The summed E-state index contributed by atoms with van der Waals surface area (Å²) in [5, 5.41) is 19.5. The van der Waals surface area contributed by atoms with Crippen molar-refractivity contribution in [2.24, 2.45) is 0 Å². The van der Waals surface area contributed by atoms with Crippen molar-refractivity contribution in [3.05, 3.63) is 76.2 Å². The van der Waals surface area contributed by atoms with Gasteiger partial charge in [-0.3, -0.25) is 4.79 Å². The maximum atomic E-state index is 13.1. The van der Waals surface area contributed by atoms with Gasteiger partial charge in [0.2, 0.25) is 0 Å². The number of aromatic nitrogens is 2. The van der Waals surface area contributed by atoms with Crippen molar-refractivity contribution in [2.45, 2.75) is 25.4 Å². The molecule has 0 atom stereocenters. The van der Waals surface area contributed by atoms with Crippen LogP contribution < -0.4 is 0 Å². The predicted octanol–water partition coefficient (Wildman–Crippen LogP) is 3.51. The van der Waals surface area contributed by atoms with Crippen molar-refractivity contribution >= 4 is 5.91 Å². The minimum absolute atomic E-state index is 0. The molecule has 0 aliphatic carbocycles. The van der Waals surface area contributed by atoms with Crippen LogP contribution in [0.15, 0.2) is 42.5 Å². The van der Waals surface area contributed by atoms with Crippen LogP contribution in [-0.4, -0.2) is 52.2 Å². The van der Waals surface area contributed by atoms with E-state index in [0.29, 0.717) is 30.0 Å². The number of H-pyrrole nitrogens is 1. The number of benzene rings is 2. The Hall–Kier alpha value is -3.47. The Labute approximate surface area is 189 Å². The minimum Gasteiger partial charge on any atom is -0.377 e. The van der Waals surface area contributed by atoms with Gasteiger partial charge in [0.1, 0.15) is 5.82 Å². The van der Waals surface area contributed by atoms with E-state index >= 15 is 0 Å². The number of hydrogen-bond donors (Lipinski definition) is 2. The summed E-state index contributed by atoms with van der Waals surface area (Å²) >= 11 is 0. The van der Waals surface area contributed by atoms with Gasteiger partial charge in [0.15, 0.2) is 5.60 Å². The lowest BCUT2D eigenvalue weighted by atomic mass is 9.90. The normalized spacial score (nSPS) is 17.4. The third-order valence-electron chi connectivity index (χ3n) is 6.43. The van der Waals surface area contributed by atoms with Crippen molar-refractivity contribution in [3.8, 4) is 17.3 Å². The molecule has 166 valence electrons. The fourth-order valence-corrected chi connectivity index (χ4v) is 4.25. The van der Waals surface area contributed by atoms with Gasteiger partial charge in [-0.1, -0.05) is 18.2 Å². The lowest BCUT2D eigenvalue weighted by Gasteiger charge is -2.39. The summed E-state index contributed by atoms with van der Waals surface area (Å²) in [5.74, 6) is 0.786. The van der Waals surface area contributed by atoms with E-state index in [1.165, 1.54) is 0 Å². The first-order valence-corrected chi connectivity index (χ1v) is 10.7. The monoisotopic (exact) mass is 432 g/mol. The molecule has 2 aromatic carbocycles. The second-order valence-electron chi connectivity index (χ2n) is 8.75. The van der Waals surface area contributed by atoms with Gasteiger partial charge in [-0.15, -0.1) is 0 Å². The molecule has 2 aliphatic rings. The highest BCUT2D eigenvalue weighted by atomic mass is 16.5. The molecule has 1 aromatic heterocycles. The summed E-state index contributed by atoms with van der Waals surface area (Å²) in [4.78, 5) is 22.8. The predicted molar refractivity (Wildman–Crippen MR) is 122 cm³/mol. The largest absolute Gasteiger partial charge is 0.377 e. The fourth-order valence-electron chi connectivity index (χ4n) is 4.25. The molecule has 0 spiro atoms. The molecule has 0 radical (unpaired) electrons. The fraction of sp³-hybridized carbons (Fsp3) is 0.320. The molecule has 2 saturated heterocycles. The van der Waals surface area contributed by atoms with E-state index in [0.717, 1.165) is 28.1 Å². The highest BCUT2D eigenvalue weighted by Gasteiger charge is 2.41. The molecule has 3 heterocycles. The molecule has 32 heavy (non-hydrogen) atoms. The number of aryl methyl sites for hydroxylation is 2. The molecule has 7 nitrogen and oxygen atoms in total. The summed E-state index contributed by atoms with van der Waals surface area (Å²) < 4.78 is 5.14. The van der Waals surface area contributed by atoms with Crippen LogP contribution in [-0.2, 0) is 10.3 Å². The van der Waals surface area contributed by atoms with Crippen LogP contribution in [0.3, 0.4) is 0 Å². The highest BCUT2D eigenvalue weighted by molar-refractivity contribution is 5.96. The number of rotatable bonds is 4. The highest BCUT2D eigenvalue weighted by Crippen LogP contribution is 2.33. The molecule has 2 N–H and O–H groups in total. The van der Waals surface area contributed by atoms with E-state index < -0.39 is 5.60 Å². The lowest BCUT2D eigenvalue weighted by molar-refractivity contribution is -0.188. The maximum absolute atomic E-state index is 13.1. The van der Waals surface area contributed by atoms with Gasteiger partial charge in [0.05, 0.1) is 30.5 Å². The first-order valence-electron chi connectivity index (χ1n) is 10.7. The summed E-state index contributed by atoms with van der Waals surface area (Å²) in [5.41, 5.74) is 4.82. The van der Waals surface area contributed by atoms with Gasteiger partial charge >= 0.3 is 0 Å². The van der Waals surface area contributed by atoms with Crippen LogP contribution in [0.1, 0.15) is 47.3 Å². The number of amides is 1. The number of nitriles is 1. The van der Waals surface area contributed by atoms with Crippen LogP contribution >= 0.6 is 0 Å². The molecule has 0 unspecified atom stereocenters. The van der Waals surface area contributed by atoms with Crippen LogP contribution in [0, 0.1) is 25.2 Å². The Morgan fingerprint density at radius 1 is 1.25 bits per heavy atom. The van der Waals surface area contributed by atoms with Crippen LogP contribution in [0.2, 0.25) is 0 Å². The zero-order valence-corrected chi connectivity index (χ0v) is 18.1. The van der Waals surface area contributed by atoms with E-state index in [-0.39, 0.29) is 27.9 Å². The van der Waals surface area contributed by atoms with Crippen molar-refractivity contribution in [2.75, 3.05) is 26.3 Å². The Balaban J connectivity index is 0.00000162. The Bertz CT molecular complexity index is 1240. The maximum Gasteiger partial charge on any atom is 0.253 e. The van der Waals surface area contributed by atoms with E-state index in [4.69, 9.17) is 10.00 Å². The zero-order chi connectivity index (χ0) is 22.5. The molecule has 2 fully saturated rings. The zero-order valence-electron chi connectivity index (χ0n) is 18.1. The number of aliphatic hydroxyl groups is 1. The van der Waals surface area contributed by atoms with Gasteiger partial charge in [0, 0.05) is 38.7 Å². The average Bonchev–Trinajstić information content (AvgIpc) is 3.13. The number of carbonyl (C=O) groups excluding carboxylic acids is 1. The summed E-state index contributed by atoms with van der Waals surface area (Å²) in [6.07, 6.45) is 0. The van der Waals surface area contributed by atoms with E-state index in [1.54, 1.807) is 0 Å². The minimum atomic E-state index is -1.07. The third kappa shape index (κ3) is 3.38. The van der Waals surface area contributed by atoms with Gasteiger partial charge in [-0.2, -0.15) is 5.26 Å². The lowest BCUT2D eigenvalue weighted by Crippen LogP contribution is -2.48. The van der Waals surface area contributed by atoms with Gasteiger partial charge in [-0.05, 0) is 49.2 Å². The number of nitrogens with one attached hydrogen (secondary N) is 1. The van der Waals surface area contributed by atoms with Crippen LogP contribution in [0.25, 0.3) is 11.3 Å². The van der Waals surface area contributed by atoms with E-state index in [2.05, 4.69) is 16.0 Å². The number of carbonyl (C=O) groups is 1. The smallest absolute Gasteiger partial charge is 0.253 e. The number of aromatic amines is 1. The second-order valence-corrected chi connectivity index (χ2v) is 8.75. The molecule has 7 heteroatoms. The molecule has 0 saturated carbocycles. The molecule has 0 bridgehead atoms. The van der Waals surface area contributed by atoms with E-state index in [1.807, 2.05) is 61.2 Å². The SMILES string of the molecule is Cc1ccc(C(=O)N2CC(c3ccc(C#N)cc3)C2)cc1-c1nc(C2(O)COC2)[nH]c1C.[HH].[HH]. The third-order valence-corrected chi connectivity index (χ3v) is 6.43. The number of hydrogen-bond acceptors (Lipinski definition) is 5. The molecular weight excluding hydrogens is 404 g/mol. The van der Waals surface area contributed by atoms with Crippen molar-refractivity contribution in [1.82, 2.24) is 14.9 Å². The molecule has 3 aromatic rings.